The highest BCUT2D eigenvalue weighted by atomic mass is 16.4. The summed E-state index contributed by atoms with van der Waals surface area (Å²) in [4.78, 5) is 10.6. The highest BCUT2D eigenvalue weighted by Gasteiger charge is 2.15. The Morgan fingerprint density at radius 2 is 2.00 bits per heavy atom. The molecular formula is C10H10O4. The molecule has 0 aliphatic heterocycles. The number of carboxylic acids is 1. The number of allylic oxidation sites excluding steroid dienone is 1. The quantitative estimate of drug-likeness (QED) is 0.503. The zero-order valence-corrected chi connectivity index (χ0v) is 7.40. The average Bonchev–Trinajstić information content (AvgIpc) is 2.13. The zero-order valence-electron chi connectivity index (χ0n) is 7.40. The molecule has 1 rings (SSSR count). The van der Waals surface area contributed by atoms with Crippen molar-refractivity contribution in [2.75, 3.05) is 0 Å². The minimum Gasteiger partial charge on any atom is -0.504 e. The van der Waals surface area contributed by atoms with Crippen LogP contribution in [0.2, 0.25) is 0 Å². The van der Waals surface area contributed by atoms with Crippen LogP contribution in [0.15, 0.2) is 24.8 Å². The topological polar surface area (TPSA) is 77.8 Å². The van der Waals surface area contributed by atoms with E-state index >= 15 is 0 Å². The largest absolute Gasteiger partial charge is 0.504 e. The molecule has 0 aliphatic carbocycles. The Labute approximate surface area is 80.7 Å². The summed E-state index contributed by atoms with van der Waals surface area (Å²) in [5.41, 5.74) is 0.137. The Bertz CT molecular complexity index is 382. The maximum absolute atomic E-state index is 10.6. The van der Waals surface area contributed by atoms with Gasteiger partial charge in [-0.2, -0.15) is 0 Å². The zero-order chi connectivity index (χ0) is 10.7. The molecule has 0 atom stereocenters. The first-order valence-electron chi connectivity index (χ1n) is 3.96. The molecule has 0 amide bonds. The predicted octanol–water partition coefficient (Wildman–Crippen LogP) is 1.52. The van der Waals surface area contributed by atoms with Crippen LogP contribution < -0.4 is 0 Å². The van der Waals surface area contributed by atoms with Gasteiger partial charge >= 0.3 is 5.97 Å². The number of aromatic hydroxyl groups is 2. The molecule has 0 bridgehead atoms. The summed E-state index contributed by atoms with van der Waals surface area (Å²) >= 11 is 0. The highest BCUT2D eigenvalue weighted by Crippen LogP contribution is 2.32. The summed E-state index contributed by atoms with van der Waals surface area (Å²) in [5.74, 6) is -2.27. The van der Waals surface area contributed by atoms with Gasteiger partial charge in [0, 0.05) is 5.56 Å². The molecule has 1 aromatic carbocycles. The maximum Gasteiger partial charge on any atom is 0.339 e. The fourth-order valence-corrected chi connectivity index (χ4v) is 1.11. The summed E-state index contributed by atoms with van der Waals surface area (Å²) < 4.78 is 0. The second kappa shape index (κ2) is 3.83. The first kappa shape index (κ1) is 10.1. The maximum atomic E-state index is 10.6. The van der Waals surface area contributed by atoms with Gasteiger partial charge in [0.1, 0.15) is 5.56 Å². The fraction of sp³-hybridized carbons (Fsp3) is 0.100. The minimum absolute atomic E-state index is 0.310. The second-order valence-electron chi connectivity index (χ2n) is 2.77. The van der Waals surface area contributed by atoms with E-state index in [1.807, 2.05) is 0 Å². The van der Waals surface area contributed by atoms with Gasteiger partial charge in [-0.25, -0.2) is 4.79 Å². The second-order valence-corrected chi connectivity index (χ2v) is 2.77. The van der Waals surface area contributed by atoms with E-state index < -0.39 is 17.5 Å². The van der Waals surface area contributed by atoms with E-state index in [1.54, 1.807) is 6.08 Å². The predicted molar refractivity (Wildman–Crippen MR) is 50.6 cm³/mol. The van der Waals surface area contributed by atoms with E-state index in [0.717, 1.165) is 0 Å². The molecule has 0 saturated heterocycles. The van der Waals surface area contributed by atoms with Gasteiger partial charge in [-0.3, -0.25) is 0 Å². The third-order valence-corrected chi connectivity index (χ3v) is 1.83. The van der Waals surface area contributed by atoms with E-state index in [2.05, 4.69) is 6.58 Å². The van der Waals surface area contributed by atoms with E-state index in [1.165, 1.54) is 12.1 Å². The summed E-state index contributed by atoms with van der Waals surface area (Å²) in [6.07, 6.45) is 1.92. The molecule has 0 heterocycles. The summed E-state index contributed by atoms with van der Waals surface area (Å²) in [6.45, 7) is 3.48. The molecular weight excluding hydrogens is 184 g/mol. The fourth-order valence-electron chi connectivity index (χ4n) is 1.11. The molecule has 0 aliphatic rings. The number of phenolic OH excluding ortho intramolecular Hbond substituents is 1. The van der Waals surface area contributed by atoms with Crippen molar-refractivity contribution in [3.63, 3.8) is 0 Å². The van der Waals surface area contributed by atoms with Crippen molar-refractivity contribution < 1.29 is 20.1 Å². The number of phenols is 2. The van der Waals surface area contributed by atoms with Crippen molar-refractivity contribution in [2.45, 2.75) is 6.42 Å². The average molecular weight is 194 g/mol. The van der Waals surface area contributed by atoms with Crippen LogP contribution in [0.4, 0.5) is 0 Å². The molecule has 3 N–H and O–H groups in total. The minimum atomic E-state index is -1.28. The number of benzene rings is 1. The van der Waals surface area contributed by atoms with Crippen LogP contribution in [0.5, 0.6) is 11.5 Å². The van der Waals surface area contributed by atoms with Gasteiger partial charge in [-0.05, 0) is 12.5 Å². The molecule has 74 valence electrons. The number of aromatic carboxylic acids is 1. The third kappa shape index (κ3) is 1.69. The molecule has 4 nitrogen and oxygen atoms in total. The summed E-state index contributed by atoms with van der Waals surface area (Å²) in [7, 11) is 0. The molecule has 0 spiro atoms. The van der Waals surface area contributed by atoms with Crippen LogP contribution >= 0.6 is 0 Å². The number of carbonyl (C=O) groups is 1. The van der Waals surface area contributed by atoms with Crippen molar-refractivity contribution in [3.05, 3.63) is 35.9 Å². The molecule has 0 unspecified atom stereocenters. The van der Waals surface area contributed by atoms with Crippen molar-refractivity contribution in [3.8, 4) is 11.5 Å². The van der Waals surface area contributed by atoms with Crippen molar-refractivity contribution >= 4 is 5.97 Å². The lowest BCUT2D eigenvalue weighted by atomic mass is 10.1. The molecule has 4 heteroatoms. The summed E-state index contributed by atoms with van der Waals surface area (Å²) in [6, 6.07) is 2.69. The molecule has 0 aromatic heterocycles. The normalized spacial score (nSPS) is 9.71. The number of hydrogen-bond donors (Lipinski definition) is 3. The Kier molecular flexibility index (Phi) is 2.76. The van der Waals surface area contributed by atoms with Crippen molar-refractivity contribution in [1.82, 2.24) is 0 Å². The van der Waals surface area contributed by atoms with Gasteiger partial charge in [-0.15, -0.1) is 6.58 Å². The molecule has 0 radical (unpaired) electrons. The Hall–Kier alpha value is -1.97. The number of carboxylic acid groups (broad SMARTS) is 1. The van der Waals surface area contributed by atoms with Gasteiger partial charge in [0.15, 0.2) is 11.5 Å². The number of rotatable bonds is 3. The van der Waals surface area contributed by atoms with Gasteiger partial charge in [0.2, 0.25) is 0 Å². The van der Waals surface area contributed by atoms with E-state index in [0.29, 0.717) is 12.0 Å². The van der Waals surface area contributed by atoms with Crippen LogP contribution in [-0.2, 0) is 6.42 Å². The molecule has 0 fully saturated rings. The van der Waals surface area contributed by atoms with Crippen molar-refractivity contribution in [2.24, 2.45) is 0 Å². The number of hydrogen-bond acceptors (Lipinski definition) is 3. The Balaban J connectivity index is 3.25. The van der Waals surface area contributed by atoms with Gasteiger partial charge in [-0.1, -0.05) is 12.1 Å². The van der Waals surface area contributed by atoms with Gasteiger partial charge < -0.3 is 15.3 Å². The molecule has 14 heavy (non-hydrogen) atoms. The Morgan fingerprint density at radius 1 is 1.36 bits per heavy atom. The smallest absolute Gasteiger partial charge is 0.339 e. The lowest BCUT2D eigenvalue weighted by Gasteiger charge is -2.06. The van der Waals surface area contributed by atoms with Crippen LogP contribution in [0.3, 0.4) is 0 Å². The van der Waals surface area contributed by atoms with Crippen LogP contribution in [0, 0.1) is 0 Å². The van der Waals surface area contributed by atoms with Crippen LogP contribution in [-0.4, -0.2) is 21.3 Å². The van der Waals surface area contributed by atoms with E-state index in [4.69, 9.17) is 5.11 Å². The van der Waals surface area contributed by atoms with Crippen LogP contribution in [0.25, 0.3) is 0 Å². The first-order valence-corrected chi connectivity index (χ1v) is 3.96. The van der Waals surface area contributed by atoms with Gasteiger partial charge in [0.25, 0.3) is 0 Å². The first-order chi connectivity index (χ1) is 6.57. The Morgan fingerprint density at radius 3 is 2.50 bits per heavy atom. The SMILES string of the molecule is C=CCc1ccc(C(=O)O)c(O)c1O. The van der Waals surface area contributed by atoms with E-state index in [9.17, 15) is 15.0 Å². The lowest BCUT2D eigenvalue weighted by Crippen LogP contribution is -1.97. The standard InChI is InChI=1S/C10H10O4/c1-2-3-6-4-5-7(10(13)14)9(12)8(6)11/h2,4-5,11-12H,1,3H2,(H,13,14). The highest BCUT2D eigenvalue weighted by molar-refractivity contribution is 5.92. The third-order valence-electron chi connectivity index (χ3n) is 1.83. The summed E-state index contributed by atoms with van der Waals surface area (Å²) in [5, 5.41) is 27.3. The molecule has 1 aromatic rings. The van der Waals surface area contributed by atoms with Gasteiger partial charge in [0.05, 0.1) is 0 Å². The monoisotopic (exact) mass is 194 g/mol. The van der Waals surface area contributed by atoms with Crippen molar-refractivity contribution in [1.29, 1.82) is 0 Å². The van der Waals surface area contributed by atoms with Crippen LogP contribution in [0.1, 0.15) is 15.9 Å². The molecule has 0 saturated carbocycles. The lowest BCUT2D eigenvalue weighted by molar-refractivity contribution is 0.0693. The van der Waals surface area contributed by atoms with E-state index in [-0.39, 0.29) is 5.56 Å².